The van der Waals surface area contributed by atoms with Crippen LogP contribution >= 0.6 is 0 Å². The molecule has 212 valence electrons. The molecule has 0 radical (unpaired) electrons. The molecule has 2 aromatic carbocycles. The van der Waals surface area contributed by atoms with Gasteiger partial charge in [0.25, 0.3) is 11.8 Å². The summed E-state index contributed by atoms with van der Waals surface area (Å²) in [6, 6.07) is 12.9. The highest BCUT2D eigenvalue weighted by Crippen LogP contribution is 2.28. The lowest BCUT2D eigenvalue weighted by atomic mass is 9.95. The number of nitrogens with one attached hydrogen (secondary N) is 3. The van der Waals surface area contributed by atoms with Crippen LogP contribution < -0.4 is 20.9 Å². The van der Waals surface area contributed by atoms with Gasteiger partial charge in [0.1, 0.15) is 0 Å². The number of benzene rings is 2. The van der Waals surface area contributed by atoms with Crippen LogP contribution in [0.25, 0.3) is 5.57 Å². The Morgan fingerprint density at radius 2 is 1.55 bits per heavy atom. The second kappa shape index (κ2) is 12.9. The highest BCUT2D eigenvalue weighted by molar-refractivity contribution is 6.31. The van der Waals surface area contributed by atoms with E-state index in [2.05, 4.69) is 44.9 Å². The monoisotopic (exact) mass is 559 g/mol. The van der Waals surface area contributed by atoms with Crippen LogP contribution in [0, 0.1) is 0 Å². The van der Waals surface area contributed by atoms with Gasteiger partial charge in [-0.05, 0) is 62.5 Å². The van der Waals surface area contributed by atoms with Crippen LogP contribution in [0.3, 0.4) is 0 Å². The van der Waals surface area contributed by atoms with Crippen LogP contribution in [0.1, 0.15) is 22.8 Å². The first kappa shape index (κ1) is 29.9. The van der Waals surface area contributed by atoms with E-state index in [0.29, 0.717) is 22.4 Å². The predicted octanol–water partition coefficient (Wildman–Crippen LogP) is 3.31. The minimum Gasteiger partial charge on any atom is -0.475 e. The molecule has 2 aliphatic heterocycles. The van der Waals surface area contributed by atoms with Crippen LogP contribution in [0.15, 0.2) is 60.8 Å². The molecule has 0 unspecified atom stereocenters. The number of aliphatic carboxylic acids is 1. The molecule has 1 fully saturated rings. The molecule has 0 bridgehead atoms. The Morgan fingerprint density at radius 3 is 2.12 bits per heavy atom. The summed E-state index contributed by atoms with van der Waals surface area (Å²) in [5.74, 6) is -4.00. The number of carboxylic acid groups (broad SMARTS) is 1. The van der Waals surface area contributed by atoms with E-state index in [1.807, 2.05) is 12.1 Å². The Morgan fingerprint density at radius 1 is 0.950 bits per heavy atom. The number of nitrogens with zero attached hydrogens (tertiary/aromatic N) is 2. The zero-order valence-corrected chi connectivity index (χ0v) is 21.7. The third kappa shape index (κ3) is 7.93. The number of carbonyl (C=O) groups is 4. The zero-order valence-electron chi connectivity index (χ0n) is 21.7. The van der Waals surface area contributed by atoms with Crippen molar-refractivity contribution in [1.82, 2.24) is 10.2 Å². The number of carboxylic acids is 1. The second-order valence-corrected chi connectivity index (χ2v) is 8.88. The number of amides is 3. The van der Waals surface area contributed by atoms with Crippen molar-refractivity contribution < 1.29 is 37.5 Å². The van der Waals surface area contributed by atoms with Gasteiger partial charge in [-0.3, -0.25) is 19.7 Å². The first-order valence-corrected chi connectivity index (χ1v) is 12.1. The molecule has 40 heavy (non-hydrogen) atoms. The number of rotatable bonds is 5. The lowest BCUT2D eigenvalue weighted by Gasteiger charge is -2.34. The third-order valence-corrected chi connectivity index (χ3v) is 5.97. The van der Waals surface area contributed by atoms with Gasteiger partial charge in [-0.1, -0.05) is 6.08 Å². The van der Waals surface area contributed by atoms with Gasteiger partial charge in [0.2, 0.25) is 5.91 Å². The summed E-state index contributed by atoms with van der Waals surface area (Å²) in [5.41, 5.74) is 3.63. The fourth-order valence-electron chi connectivity index (χ4n) is 3.87. The first-order valence-electron chi connectivity index (χ1n) is 12.1. The number of likely N-dealkylation sites (N-methyl/N-ethyl adjacent to an activating group) is 1. The molecule has 4 rings (SSSR count). The number of carbonyl (C=O) groups excluding carboxylic acids is 3. The second-order valence-electron chi connectivity index (χ2n) is 8.88. The Balaban J connectivity index is 0.000000559. The molecule has 0 atom stereocenters. The molecule has 10 nitrogen and oxygen atoms in total. The van der Waals surface area contributed by atoms with Crippen molar-refractivity contribution in [3.8, 4) is 0 Å². The van der Waals surface area contributed by atoms with E-state index < -0.39 is 24.0 Å². The quantitative estimate of drug-likeness (QED) is 0.324. The summed E-state index contributed by atoms with van der Waals surface area (Å²) in [5, 5.41) is 15.4. The molecule has 0 spiro atoms. The van der Waals surface area contributed by atoms with Gasteiger partial charge in [0, 0.05) is 60.6 Å². The zero-order chi connectivity index (χ0) is 29.4. The van der Waals surface area contributed by atoms with Crippen LogP contribution in [0.5, 0.6) is 0 Å². The number of fused-ring (bicyclic) bond motifs is 1. The fraction of sp³-hybridized carbons (Fsp3) is 0.259. The number of alkyl halides is 3. The van der Waals surface area contributed by atoms with E-state index in [1.54, 1.807) is 37.4 Å². The number of halogens is 3. The maximum Gasteiger partial charge on any atom is 0.490 e. The maximum atomic E-state index is 12.6. The molecule has 0 saturated carbocycles. The third-order valence-electron chi connectivity index (χ3n) is 5.97. The van der Waals surface area contributed by atoms with Gasteiger partial charge < -0.3 is 25.5 Å². The lowest BCUT2D eigenvalue weighted by molar-refractivity contribution is -0.192. The first-order chi connectivity index (χ1) is 18.9. The van der Waals surface area contributed by atoms with E-state index in [-0.39, 0.29) is 5.91 Å². The summed E-state index contributed by atoms with van der Waals surface area (Å²) in [6.07, 6.45) is -0.459. The van der Waals surface area contributed by atoms with Crippen molar-refractivity contribution in [2.24, 2.45) is 0 Å². The molecule has 4 N–H and O–H groups in total. The minimum absolute atomic E-state index is 0.284. The van der Waals surface area contributed by atoms with E-state index in [1.165, 1.54) is 6.08 Å². The Kier molecular flexibility index (Phi) is 9.67. The summed E-state index contributed by atoms with van der Waals surface area (Å²) >= 11 is 0. The van der Waals surface area contributed by atoms with E-state index in [4.69, 9.17) is 9.90 Å². The Bertz CT molecular complexity index is 1330. The van der Waals surface area contributed by atoms with Crippen LogP contribution in [-0.2, 0) is 14.4 Å². The van der Waals surface area contributed by atoms with Gasteiger partial charge in [0.05, 0.1) is 5.57 Å². The number of hydrogen-bond donors (Lipinski definition) is 4. The van der Waals surface area contributed by atoms with Crippen LogP contribution in [-0.4, -0.2) is 73.1 Å². The van der Waals surface area contributed by atoms with Crippen molar-refractivity contribution in [3.63, 3.8) is 0 Å². The average Bonchev–Trinajstić information content (AvgIpc) is 2.89. The summed E-state index contributed by atoms with van der Waals surface area (Å²) in [4.78, 5) is 50.3. The molecule has 2 aliphatic rings. The highest BCUT2D eigenvalue weighted by atomic mass is 19.4. The van der Waals surface area contributed by atoms with Crippen LogP contribution in [0.4, 0.5) is 30.2 Å². The molecule has 0 aromatic heterocycles. The summed E-state index contributed by atoms with van der Waals surface area (Å²) in [7, 11) is 2.13. The van der Waals surface area contributed by atoms with Crippen molar-refractivity contribution in [1.29, 1.82) is 0 Å². The maximum absolute atomic E-state index is 12.6. The molecular weight excluding hydrogens is 531 g/mol. The van der Waals surface area contributed by atoms with E-state index >= 15 is 0 Å². The van der Waals surface area contributed by atoms with Crippen LogP contribution in [0.2, 0.25) is 0 Å². The van der Waals surface area contributed by atoms with Crippen molar-refractivity contribution in [3.05, 3.63) is 71.9 Å². The van der Waals surface area contributed by atoms with E-state index in [9.17, 15) is 27.6 Å². The smallest absolute Gasteiger partial charge is 0.475 e. The minimum atomic E-state index is -5.08. The SMILES string of the molecule is C/C=C/C(=O)Nc1ccc2c(c1)/C(=C/Nc1ccc(N3CCN(C)CC3)cc1)C(=O)NC2=O.O=C(O)C(F)(F)F. The van der Waals surface area contributed by atoms with Crippen molar-refractivity contribution >= 4 is 46.3 Å². The number of anilines is 3. The number of hydrogen-bond acceptors (Lipinski definition) is 7. The van der Waals surface area contributed by atoms with Gasteiger partial charge in [-0.25, -0.2) is 4.79 Å². The highest BCUT2D eigenvalue weighted by Gasteiger charge is 2.38. The molecule has 3 amide bonds. The standard InChI is InChI=1S/C25H27N5O3.C2HF3O2/c1-3-4-23(31)27-18-7-10-20-21(15-18)22(25(33)28-24(20)32)16-26-17-5-8-19(9-6-17)30-13-11-29(2)12-14-30;3-2(4,5)1(6)7/h3-10,15-16,26H,11-14H2,1-2H3,(H,27,31)(H,28,32,33);(H,6,7)/b4-3+,22-16-;. The normalized spacial score (nSPS) is 16.6. The fourth-order valence-corrected chi connectivity index (χ4v) is 3.87. The predicted molar refractivity (Wildman–Crippen MR) is 144 cm³/mol. The average molecular weight is 560 g/mol. The number of imide groups is 1. The molecule has 0 aliphatic carbocycles. The van der Waals surface area contributed by atoms with Gasteiger partial charge in [-0.15, -0.1) is 0 Å². The van der Waals surface area contributed by atoms with E-state index in [0.717, 1.165) is 37.6 Å². The largest absolute Gasteiger partial charge is 0.490 e. The Labute approximate surface area is 228 Å². The molecule has 2 heterocycles. The number of allylic oxidation sites excluding steroid dienone is 1. The van der Waals surface area contributed by atoms with Crippen molar-refractivity contribution in [2.45, 2.75) is 13.1 Å². The summed E-state index contributed by atoms with van der Waals surface area (Å²) < 4.78 is 31.7. The van der Waals surface area contributed by atoms with Gasteiger partial charge >= 0.3 is 12.1 Å². The van der Waals surface area contributed by atoms with Gasteiger partial charge in [-0.2, -0.15) is 13.2 Å². The lowest BCUT2D eigenvalue weighted by Crippen LogP contribution is -2.44. The molecule has 1 saturated heterocycles. The Hall–Kier alpha value is -4.65. The molecule has 2 aromatic rings. The summed E-state index contributed by atoms with van der Waals surface area (Å²) in [6.45, 7) is 5.81. The molecular formula is C27H28F3N5O5. The van der Waals surface area contributed by atoms with Gasteiger partial charge in [0.15, 0.2) is 0 Å². The topological polar surface area (TPSA) is 131 Å². The number of piperazine rings is 1. The molecule has 13 heteroatoms. The van der Waals surface area contributed by atoms with Crippen molar-refractivity contribution in [2.75, 3.05) is 48.8 Å².